The molecule has 1 heterocycles. The Morgan fingerprint density at radius 3 is 2.55 bits per heavy atom. The fraction of sp³-hybridized carbons (Fsp3) is 0.471. The molecule has 2 rings (SSSR count). The maximum atomic E-state index is 12.3. The van der Waals surface area contributed by atoms with Crippen molar-refractivity contribution < 1.29 is 9.21 Å². The molecule has 1 N–H and O–H groups in total. The third-order valence-electron chi connectivity index (χ3n) is 3.51. The van der Waals surface area contributed by atoms with Gasteiger partial charge in [-0.25, -0.2) is 0 Å². The summed E-state index contributed by atoms with van der Waals surface area (Å²) in [5.41, 5.74) is 1.93. The van der Waals surface area contributed by atoms with E-state index in [4.69, 9.17) is 4.42 Å². The van der Waals surface area contributed by atoms with Gasteiger partial charge in [0.25, 0.3) is 5.91 Å². The molecule has 0 saturated heterocycles. The molecule has 3 heteroatoms. The van der Waals surface area contributed by atoms with Crippen molar-refractivity contribution in [3.63, 3.8) is 0 Å². The van der Waals surface area contributed by atoms with Crippen molar-refractivity contribution in [2.45, 2.75) is 52.5 Å². The molecule has 0 aliphatic carbocycles. The van der Waals surface area contributed by atoms with Crippen molar-refractivity contribution >= 4 is 16.9 Å². The van der Waals surface area contributed by atoms with Gasteiger partial charge in [-0.2, -0.15) is 0 Å². The van der Waals surface area contributed by atoms with Crippen LogP contribution in [0, 0.1) is 6.92 Å². The molecule has 0 radical (unpaired) electrons. The molecule has 1 aromatic carbocycles. The van der Waals surface area contributed by atoms with E-state index in [2.05, 4.69) is 19.2 Å². The average molecular weight is 273 g/mol. The zero-order valence-electron chi connectivity index (χ0n) is 12.5. The predicted octanol–water partition coefficient (Wildman–Crippen LogP) is 4.44. The van der Waals surface area contributed by atoms with E-state index in [1.54, 1.807) is 0 Å². The number of rotatable bonds is 6. The lowest BCUT2D eigenvalue weighted by Crippen LogP contribution is -2.34. The Kier molecular flexibility index (Phi) is 4.83. The largest absolute Gasteiger partial charge is 0.451 e. The summed E-state index contributed by atoms with van der Waals surface area (Å²) in [5.74, 6) is 0.300. The Labute approximate surface area is 120 Å². The average Bonchev–Trinajstić information content (AvgIpc) is 2.82. The standard InChI is InChI=1S/C17H23NO2/c1-4-6-14(7-5-2)18-17(19)16-11-13-10-12(3)8-9-15(13)20-16/h8-11,14H,4-7H2,1-3H3,(H,18,19). The van der Waals surface area contributed by atoms with Crippen LogP contribution in [0.5, 0.6) is 0 Å². The molecule has 0 atom stereocenters. The number of hydrogen-bond acceptors (Lipinski definition) is 2. The number of amides is 1. The molecule has 0 spiro atoms. The van der Waals surface area contributed by atoms with Crippen LogP contribution in [-0.2, 0) is 0 Å². The van der Waals surface area contributed by atoms with Crippen LogP contribution in [0.15, 0.2) is 28.7 Å². The number of furan rings is 1. The SMILES string of the molecule is CCCC(CCC)NC(=O)c1cc2cc(C)ccc2o1. The van der Waals surface area contributed by atoms with E-state index in [9.17, 15) is 4.79 Å². The molecule has 108 valence electrons. The van der Waals surface area contributed by atoms with Crippen LogP contribution in [0.25, 0.3) is 11.0 Å². The van der Waals surface area contributed by atoms with Gasteiger partial charge < -0.3 is 9.73 Å². The van der Waals surface area contributed by atoms with Crippen molar-refractivity contribution in [3.05, 3.63) is 35.6 Å². The van der Waals surface area contributed by atoms with Crippen LogP contribution < -0.4 is 5.32 Å². The molecule has 3 nitrogen and oxygen atoms in total. The van der Waals surface area contributed by atoms with E-state index in [0.29, 0.717) is 5.76 Å². The number of carbonyl (C=O) groups is 1. The maximum absolute atomic E-state index is 12.3. The Morgan fingerprint density at radius 2 is 1.90 bits per heavy atom. The molecule has 20 heavy (non-hydrogen) atoms. The van der Waals surface area contributed by atoms with Crippen molar-refractivity contribution in [2.75, 3.05) is 0 Å². The topological polar surface area (TPSA) is 42.2 Å². The smallest absolute Gasteiger partial charge is 0.287 e. The van der Waals surface area contributed by atoms with Gasteiger partial charge in [0.15, 0.2) is 5.76 Å². The van der Waals surface area contributed by atoms with Crippen LogP contribution in [0.2, 0.25) is 0 Å². The van der Waals surface area contributed by atoms with Crippen LogP contribution in [0.3, 0.4) is 0 Å². The first-order chi connectivity index (χ1) is 9.63. The van der Waals surface area contributed by atoms with Gasteiger partial charge in [0.05, 0.1) is 0 Å². The van der Waals surface area contributed by atoms with E-state index in [1.807, 2.05) is 31.2 Å². The van der Waals surface area contributed by atoms with Gasteiger partial charge in [0.2, 0.25) is 0 Å². The normalized spacial score (nSPS) is 11.2. The minimum absolute atomic E-state index is 0.106. The third kappa shape index (κ3) is 3.41. The summed E-state index contributed by atoms with van der Waals surface area (Å²) in [7, 11) is 0. The fourth-order valence-corrected chi connectivity index (χ4v) is 2.52. The summed E-state index contributed by atoms with van der Waals surface area (Å²) >= 11 is 0. The summed E-state index contributed by atoms with van der Waals surface area (Å²) in [6, 6.07) is 8.01. The Balaban J connectivity index is 2.13. The molecule has 2 aromatic rings. The molecule has 0 fully saturated rings. The Morgan fingerprint density at radius 1 is 1.20 bits per heavy atom. The van der Waals surface area contributed by atoms with E-state index >= 15 is 0 Å². The highest BCUT2D eigenvalue weighted by atomic mass is 16.3. The number of carbonyl (C=O) groups excluding carboxylic acids is 1. The van der Waals surface area contributed by atoms with E-state index < -0.39 is 0 Å². The monoisotopic (exact) mass is 273 g/mol. The van der Waals surface area contributed by atoms with E-state index in [1.165, 1.54) is 5.56 Å². The van der Waals surface area contributed by atoms with Gasteiger partial charge in [-0.15, -0.1) is 0 Å². The fourth-order valence-electron chi connectivity index (χ4n) is 2.52. The molecule has 0 unspecified atom stereocenters. The Hall–Kier alpha value is -1.77. The second-order valence-electron chi connectivity index (χ2n) is 5.40. The lowest BCUT2D eigenvalue weighted by Gasteiger charge is -2.16. The highest BCUT2D eigenvalue weighted by Crippen LogP contribution is 2.21. The van der Waals surface area contributed by atoms with Crippen molar-refractivity contribution in [1.82, 2.24) is 5.32 Å². The minimum Gasteiger partial charge on any atom is -0.451 e. The van der Waals surface area contributed by atoms with Gasteiger partial charge in [-0.3, -0.25) is 4.79 Å². The van der Waals surface area contributed by atoms with E-state index in [-0.39, 0.29) is 11.9 Å². The number of aryl methyl sites for hydroxylation is 1. The third-order valence-corrected chi connectivity index (χ3v) is 3.51. The summed E-state index contributed by atoms with van der Waals surface area (Å²) in [4.78, 5) is 12.3. The summed E-state index contributed by atoms with van der Waals surface area (Å²) in [6.07, 6.45) is 4.17. The van der Waals surface area contributed by atoms with Crippen LogP contribution in [0.1, 0.15) is 55.6 Å². The van der Waals surface area contributed by atoms with Crippen molar-refractivity contribution in [1.29, 1.82) is 0 Å². The molecule has 0 aliphatic rings. The number of fused-ring (bicyclic) bond motifs is 1. The minimum atomic E-state index is -0.106. The Bertz CT molecular complexity index is 580. The molecule has 0 aliphatic heterocycles. The molecular formula is C17H23NO2. The van der Waals surface area contributed by atoms with Gasteiger partial charge in [0.1, 0.15) is 5.58 Å². The lowest BCUT2D eigenvalue weighted by atomic mass is 10.1. The molecular weight excluding hydrogens is 250 g/mol. The van der Waals surface area contributed by atoms with Gasteiger partial charge >= 0.3 is 0 Å². The molecule has 0 bridgehead atoms. The lowest BCUT2D eigenvalue weighted by molar-refractivity contribution is 0.0906. The number of benzene rings is 1. The van der Waals surface area contributed by atoms with Gasteiger partial charge in [-0.1, -0.05) is 38.3 Å². The van der Waals surface area contributed by atoms with Crippen LogP contribution >= 0.6 is 0 Å². The maximum Gasteiger partial charge on any atom is 0.287 e. The molecule has 0 saturated carbocycles. The first-order valence-electron chi connectivity index (χ1n) is 7.45. The zero-order chi connectivity index (χ0) is 14.5. The summed E-state index contributed by atoms with van der Waals surface area (Å²) in [6.45, 7) is 6.31. The van der Waals surface area contributed by atoms with E-state index in [0.717, 1.165) is 36.7 Å². The molecule has 1 amide bonds. The summed E-state index contributed by atoms with van der Waals surface area (Å²) < 4.78 is 5.63. The summed E-state index contributed by atoms with van der Waals surface area (Å²) in [5, 5.41) is 4.06. The zero-order valence-corrected chi connectivity index (χ0v) is 12.5. The highest BCUT2D eigenvalue weighted by Gasteiger charge is 2.16. The van der Waals surface area contributed by atoms with Crippen molar-refractivity contribution in [3.8, 4) is 0 Å². The molecule has 1 aromatic heterocycles. The highest BCUT2D eigenvalue weighted by molar-refractivity contribution is 5.96. The van der Waals surface area contributed by atoms with Gasteiger partial charge in [0, 0.05) is 11.4 Å². The van der Waals surface area contributed by atoms with Gasteiger partial charge in [-0.05, 0) is 38.0 Å². The quantitative estimate of drug-likeness (QED) is 0.845. The first-order valence-corrected chi connectivity index (χ1v) is 7.45. The second-order valence-corrected chi connectivity index (χ2v) is 5.40. The second kappa shape index (κ2) is 6.60. The van der Waals surface area contributed by atoms with Crippen LogP contribution in [-0.4, -0.2) is 11.9 Å². The first kappa shape index (κ1) is 14.6. The number of nitrogens with one attached hydrogen (secondary N) is 1. The predicted molar refractivity (Wildman–Crippen MR) is 82.0 cm³/mol. The number of hydrogen-bond donors (Lipinski definition) is 1. The van der Waals surface area contributed by atoms with Crippen molar-refractivity contribution in [2.24, 2.45) is 0 Å². The van der Waals surface area contributed by atoms with Crippen LogP contribution in [0.4, 0.5) is 0 Å².